The van der Waals surface area contributed by atoms with Gasteiger partial charge in [-0.15, -0.1) is 5.10 Å². The Bertz CT molecular complexity index is 1790. The number of aromatic nitrogens is 3. The monoisotopic (exact) mass is 799 g/mol. The summed E-state index contributed by atoms with van der Waals surface area (Å²) in [5.74, 6) is -4.30. The molecule has 316 valence electrons. The Labute approximate surface area is 334 Å². The highest BCUT2D eigenvalue weighted by Crippen LogP contribution is 2.46. The molecule has 16 heteroatoms. The lowest BCUT2D eigenvalue weighted by Gasteiger charge is -2.48. The molecule has 5 heterocycles. The van der Waals surface area contributed by atoms with Gasteiger partial charge >= 0.3 is 11.9 Å². The van der Waals surface area contributed by atoms with E-state index < -0.39 is 83.4 Å². The number of aliphatic hydroxyl groups is 1. The number of aliphatic hydroxyl groups excluding tert-OH is 1. The van der Waals surface area contributed by atoms with Crippen LogP contribution in [0.15, 0.2) is 29.4 Å². The van der Waals surface area contributed by atoms with Crippen LogP contribution in [0.5, 0.6) is 0 Å². The number of oxime groups is 1. The van der Waals surface area contributed by atoms with Crippen LogP contribution in [0.3, 0.4) is 0 Å². The zero-order valence-electron chi connectivity index (χ0n) is 35.0. The summed E-state index contributed by atoms with van der Waals surface area (Å²) in [6.07, 6.45) is -3.73. The number of benzene rings is 1. The first-order chi connectivity index (χ1) is 27.0. The van der Waals surface area contributed by atoms with Crippen LogP contribution in [0, 0.1) is 29.6 Å². The largest absolute Gasteiger partial charge is 0.458 e. The Hall–Kier alpha value is -3.54. The van der Waals surface area contributed by atoms with Crippen LogP contribution >= 0.6 is 0 Å². The van der Waals surface area contributed by atoms with E-state index in [1.54, 1.807) is 18.5 Å². The van der Waals surface area contributed by atoms with Crippen molar-refractivity contribution < 1.29 is 52.7 Å². The van der Waals surface area contributed by atoms with E-state index in [1.165, 1.54) is 0 Å². The average Bonchev–Trinajstić information content (AvgIpc) is 3.74. The van der Waals surface area contributed by atoms with Crippen LogP contribution in [0.1, 0.15) is 81.1 Å². The van der Waals surface area contributed by atoms with Gasteiger partial charge in [0.15, 0.2) is 6.29 Å². The highest BCUT2D eigenvalue weighted by molar-refractivity contribution is 5.87. The van der Waals surface area contributed by atoms with E-state index in [0.717, 1.165) is 5.52 Å². The van der Waals surface area contributed by atoms with Gasteiger partial charge in [0.2, 0.25) is 6.73 Å². The van der Waals surface area contributed by atoms with Gasteiger partial charge in [-0.3, -0.25) is 14.4 Å². The second-order valence-corrected chi connectivity index (χ2v) is 17.2. The number of Topliss-reactive ketones (excluding diaryl/α,β-unsaturated/α-hetero) is 1. The Balaban J connectivity index is 1.41. The molecule has 0 aliphatic carbocycles. The second-order valence-electron chi connectivity index (χ2n) is 17.2. The Morgan fingerprint density at radius 1 is 1.05 bits per heavy atom. The summed E-state index contributed by atoms with van der Waals surface area (Å²) in [6.45, 7) is 14.6. The van der Waals surface area contributed by atoms with Crippen molar-refractivity contribution in [3.05, 3.63) is 24.3 Å². The number of hydrogen-bond donors (Lipinski definition) is 1. The van der Waals surface area contributed by atoms with Crippen molar-refractivity contribution in [1.82, 2.24) is 19.9 Å². The summed E-state index contributed by atoms with van der Waals surface area (Å²) < 4.78 is 40.5. The Morgan fingerprint density at radius 2 is 1.79 bits per heavy atom. The molecule has 2 aromatic rings. The number of likely N-dealkylation sites (N-methyl/N-ethyl adjacent to an activating group) is 1. The molecule has 1 N–H and O–H groups in total. The van der Waals surface area contributed by atoms with Crippen molar-refractivity contribution in [3.8, 4) is 0 Å². The molecular formula is C41H61N5O11. The maximum atomic E-state index is 14.5. The summed E-state index contributed by atoms with van der Waals surface area (Å²) in [4.78, 5) is 49.6. The van der Waals surface area contributed by atoms with Crippen LogP contribution in [0.4, 0.5) is 0 Å². The van der Waals surface area contributed by atoms with E-state index in [4.69, 9.17) is 33.3 Å². The summed E-state index contributed by atoms with van der Waals surface area (Å²) in [7, 11) is 3.81. The van der Waals surface area contributed by atoms with Crippen molar-refractivity contribution in [2.75, 3.05) is 27.3 Å². The summed E-state index contributed by atoms with van der Waals surface area (Å²) in [5.41, 5.74) is -0.594. The molecule has 0 spiro atoms. The van der Waals surface area contributed by atoms with Crippen molar-refractivity contribution in [3.63, 3.8) is 0 Å². The number of esters is 2. The minimum Gasteiger partial charge on any atom is -0.458 e. The van der Waals surface area contributed by atoms with Gasteiger partial charge in [-0.2, -0.15) is 0 Å². The highest BCUT2D eigenvalue weighted by atomic mass is 16.7. The minimum atomic E-state index is -1.24. The topological polar surface area (TPSA) is 182 Å². The molecule has 0 amide bonds. The number of ketones is 1. The third-order valence-corrected chi connectivity index (χ3v) is 12.8. The quantitative estimate of drug-likeness (QED) is 0.314. The zero-order chi connectivity index (χ0) is 41.4. The minimum absolute atomic E-state index is 0.0222. The molecule has 4 aliphatic rings. The van der Waals surface area contributed by atoms with Gasteiger partial charge < -0.3 is 43.3 Å². The van der Waals surface area contributed by atoms with Gasteiger partial charge in [0.25, 0.3) is 0 Å². The summed E-state index contributed by atoms with van der Waals surface area (Å²) >= 11 is 0. The van der Waals surface area contributed by atoms with Crippen molar-refractivity contribution >= 4 is 34.5 Å². The predicted octanol–water partition coefficient (Wildman–Crippen LogP) is 3.91. The molecule has 57 heavy (non-hydrogen) atoms. The molecule has 4 aliphatic heterocycles. The fraction of sp³-hybridized carbons (Fsp3) is 0.756. The van der Waals surface area contributed by atoms with E-state index in [2.05, 4.69) is 15.5 Å². The Kier molecular flexibility index (Phi) is 13.1. The number of rotatable bonds is 7. The number of para-hydroxylation sites is 1. The number of hydrogen-bond acceptors (Lipinski definition) is 15. The van der Waals surface area contributed by atoms with Gasteiger partial charge in [-0.1, -0.05) is 50.2 Å². The third kappa shape index (κ3) is 8.76. The molecule has 2 bridgehead atoms. The summed E-state index contributed by atoms with van der Waals surface area (Å²) in [6, 6.07) is 7.24. The number of fused-ring (bicyclic) bond motifs is 5. The maximum Gasteiger partial charge on any atom is 0.311 e. The smallest absolute Gasteiger partial charge is 0.311 e. The zero-order valence-corrected chi connectivity index (χ0v) is 35.0. The summed E-state index contributed by atoms with van der Waals surface area (Å²) in [5, 5.41) is 24.5. The fourth-order valence-corrected chi connectivity index (χ4v) is 9.59. The lowest BCUT2D eigenvalue weighted by molar-refractivity contribution is -0.302. The third-order valence-electron chi connectivity index (χ3n) is 12.8. The number of carbonyl (C=O) groups excluding carboxylic acids is 3. The molecule has 0 radical (unpaired) electrons. The molecule has 1 aromatic heterocycles. The Morgan fingerprint density at radius 3 is 2.51 bits per heavy atom. The van der Waals surface area contributed by atoms with Crippen LogP contribution in [-0.2, 0) is 54.4 Å². The van der Waals surface area contributed by atoms with Gasteiger partial charge in [-0.25, -0.2) is 4.68 Å². The fourth-order valence-electron chi connectivity index (χ4n) is 9.59. The first-order valence-corrected chi connectivity index (χ1v) is 20.3. The van der Waals surface area contributed by atoms with Gasteiger partial charge in [-0.05, 0) is 73.2 Å². The lowest BCUT2D eigenvalue weighted by atomic mass is 9.70. The van der Waals surface area contributed by atoms with Gasteiger partial charge in [0, 0.05) is 29.7 Å². The molecule has 14 atom stereocenters. The van der Waals surface area contributed by atoms with Crippen LogP contribution in [-0.4, -0.2) is 130 Å². The van der Waals surface area contributed by atoms with E-state index in [0.29, 0.717) is 24.1 Å². The first kappa shape index (κ1) is 43.0. The standard InChI is InChI=1S/C41H61N5O11/c1-11-32-41(8)28(17-33(47)57-41)24(4)34(48)22(2)18-40(7)37(56-39-35(49)31(45(9)10)16-23(3)54-39)25(5)36(26(6)38(50)55-32)51-19-27(20-52-40)43-53-21-46-30-15-13-12-14-29(30)42-44-46/h12-15,22-26,28,31-32,35-37,39,49H,11,16-21H2,1-10H3/b43-27-/t22-,23-,24-,25+,26-,28+,31+,32-,35-,36+,37-,39+,40-,41+/m1/s1. The van der Waals surface area contributed by atoms with E-state index >= 15 is 0 Å². The molecule has 16 nitrogen and oxygen atoms in total. The van der Waals surface area contributed by atoms with Crippen molar-refractivity contribution in [2.45, 2.75) is 142 Å². The number of cyclic esters (lactones) is 1. The van der Waals surface area contributed by atoms with Gasteiger partial charge in [0.05, 0.1) is 55.0 Å². The number of carbonyl (C=O) groups is 3. The maximum absolute atomic E-state index is 14.5. The molecule has 4 fully saturated rings. The lowest BCUT2D eigenvalue weighted by Crippen LogP contribution is -2.60. The van der Waals surface area contributed by atoms with Crippen molar-refractivity contribution in [1.29, 1.82) is 0 Å². The highest BCUT2D eigenvalue weighted by Gasteiger charge is 2.57. The second kappa shape index (κ2) is 17.4. The van der Waals surface area contributed by atoms with Gasteiger partial charge in [0.1, 0.15) is 34.8 Å². The predicted molar refractivity (Wildman–Crippen MR) is 207 cm³/mol. The average molecular weight is 800 g/mol. The number of nitrogens with zero attached hydrogens (tertiary/aromatic N) is 5. The van der Waals surface area contributed by atoms with Crippen LogP contribution < -0.4 is 0 Å². The molecule has 1 aromatic carbocycles. The first-order valence-electron chi connectivity index (χ1n) is 20.3. The van der Waals surface area contributed by atoms with Crippen molar-refractivity contribution in [2.24, 2.45) is 34.7 Å². The van der Waals surface area contributed by atoms with E-state index in [1.807, 2.05) is 84.8 Å². The van der Waals surface area contributed by atoms with Crippen LogP contribution in [0.2, 0.25) is 0 Å². The normalized spacial score (nSPS) is 40.6. The van der Waals surface area contributed by atoms with Crippen LogP contribution in [0.25, 0.3) is 11.0 Å². The number of ether oxygens (including phenoxy) is 6. The van der Waals surface area contributed by atoms with E-state index in [9.17, 15) is 19.5 Å². The molecule has 4 saturated heterocycles. The molecule has 0 unspecified atom stereocenters. The molecule has 6 rings (SSSR count). The van der Waals surface area contributed by atoms with E-state index in [-0.39, 0.29) is 50.7 Å². The SMILES string of the molecule is CC[C@H]1OC(=O)[C@H](C)[C@H]2OC/C(=N/OCn3nnc4ccccc43)CO[C@](C)(C[C@@H](C)C(=O)[C@H](C)[C@@H]3CC(=O)O[C@]13C)[C@H](O[C@@H]1O[C@H](C)C[C@H](N(C)C)[C@H]1O)[C@H]2C. The molecular weight excluding hydrogens is 738 g/mol. The molecule has 0 saturated carbocycles.